The van der Waals surface area contributed by atoms with E-state index in [0.717, 1.165) is 0 Å². The highest BCUT2D eigenvalue weighted by atomic mass is 35.5. The van der Waals surface area contributed by atoms with Crippen molar-refractivity contribution in [3.05, 3.63) is 44.9 Å². The molecule has 174 valence electrons. The van der Waals surface area contributed by atoms with E-state index in [0.29, 0.717) is 5.01 Å². The van der Waals surface area contributed by atoms with Gasteiger partial charge in [0.2, 0.25) is 0 Å². The molecular formula is C18H21ClN4O9. The molecule has 2 fully saturated rings. The first kappa shape index (κ1) is 23.8. The Bertz CT molecular complexity index is 882. The number of nitrogens with zero attached hydrogens (tertiary/aromatic N) is 3. The number of alkyl halides is 1. The van der Waals surface area contributed by atoms with Gasteiger partial charge in [0.25, 0.3) is 5.69 Å². The van der Waals surface area contributed by atoms with Crippen LogP contribution in [0, 0.1) is 15.0 Å². The number of carbonyl (C=O) groups is 2. The number of nitro groups is 1. The van der Waals surface area contributed by atoms with E-state index in [4.69, 9.17) is 30.5 Å². The number of rotatable bonds is 8. The molecule has 14 heteroatoms. The molecule has 1 aromatic rings. The van der Waals surface area contributed by atoms with Crippen molar-refractivity contribution in [1.29, 1.82) is 0 Å². The Balaban J connectivity index is 1.64. The quantitative estimate of drug-likeness (QED) is 0.196. The number of amides is 2. The first-order valence-corrected chi connectivity index (χ1v) is 10.1. The average molecular weight is 473 g/mol. The second-order valence-corrected chi connectivity index (χ2v) is 7.78. The van der Waals surface area contributed by atoms with Gasteiger partial charge in [0.05, 0.1) is 22.3 Å². The molecule has 4 atom stereocenters. The summed E-state index contributed by atoms with van der Waals surface area (Å²) in [5, 5.41) is 16.4. The van der Waals surface area contributed by atoms with E-state index >= 15 is 0 Å². The summed E-state index contributed by atoms with van der Waals surface area (Å²) in [6, 6.07) is 4.10. The lowest BCUT2D eigenvalue weighted by atomic mass is 10.1. The molecule has 32 heavy (non-hydrogen) atoms. The van der Waals surface area contributed by atoms with Gasteiger partial charge in [-0.25, -0.2) is 9.59 Å². The van der Waals surface area contributed by atoms with Crippen LogP contribution >= 0.6 is 11.6 Å². The maximum atomic E-state index is 12.3. The fraction of sp³-hybridized carbons (Fsp3) is 0.556. The van der Waals surface area contributed by atoms with Crippen LogP contribution in [0.15, 0.2) is 29.6 Å². The first-order valence-electron chi connectivity index (χ1n) is 9.55. The molecule has 3 rings (SSSR count). The van der Waals surface area contributed by atoms with E-state index in [9.17, 15) is 24.6 Å². The zero-order chi connectivity index (χ0) is 23.5. The lowest BCUT2D eigenvalue weighted by Crippen LogP contribution is -2.48. The molecule has 0 spiro atoms. The smallest absolute Gasteiger partial charge is 0.342 e. The summed E-state index contributed by atoms with van der Waals surface area (Å²) in [4.78, 5) is 45.6. The lowest BCUT2D eigenvalue weighted by Gasteiger charge is -2.25. The minimum atomic E-state index is -1.00. The number of nitro benzene ring substituents is 1. The Morgan fingerprint density at radius 3 is 2.53 bits per heavy atom. The van der Waals surface area contributed by atoms with Crippen LogP contribution in [0.2, 0.25) is 0 Å². The number of non-ortho nitro benzene ring substituents is 1. The zero-order valence-corrected chi connectivity index (χ0v) is 17.9. The van der Waals surface area contributed by atoms with Crippen LogP contribution in [-0.4, -0.2) is 71.3 Å². The molecule has 1 N–H and O–H groups in total. The third kappa shape index (κ3) is 5.30. The monoisotopic (exact) mass is 472 g/mol. The van der Waals surface area contributed by atoms with Crippen LogP contribution in [0.3, 0.4) is 0 Å². The van der Waals surface area contributed by atoms with Crippen molar-refractivity contribution in [2.24, 2.45) is 5.29 Å². The summed E-state index contributed by atoms with van der Waals surface area (Å²) in [6.07, 6.45) is -3.20. The Hall–Kier alpha value is -2.87. The van der Waals surface area contributed by atoms with Gasteiger partial charge >= 0.3 is 12.0 Å². The predicted octanol–water partition coefficient (Wildman–Crippen LogP) is 1.93. The highest BCUT2D eigenvalue weighted by molar-refractivity contribution is 6.18. The molecule has 0 saturated carbocycles. The standard InChI is InChI=1S/C18H21ClN4O9/c1-18(2)31-13-12(9-29-16(24)10-3-5-11(6-4-10)23(27)28)30-15(14(13)32-18)20-17(25)22(21-26)8-7-19/h3-6,12-15H,7-9H2,1-2H3,(H,20,25)/t12-,13-,14-,15?/m0/s1. The number of nitroso groups, excluding NO2 is 1. The molecule has 13 nitrogen and oxygen atoms in total. The summed E-state index contributed by atoms with van der Waals surface area (Å²) < 4.78 is 22.6. The van der Waals surface area contributed by atoms with Crippen molar-refractivity contribution in [3.8, 4) is 0 Å². The van der Waals surface area contributed by atoms with Crippen molar-refractivity contribution in [2.45, 2.75) is 44.2 Å². The van der Waals surface area contributed by atoms with Crippen LogP contribution in [0.25, 0.3) is 0 Å². The molecule has 0 aliphatic carbocycles. The number of carbonyl (C=O) groups excluding carboxylic acids is 2. The van der Waals surface area contributed by atoms with Gasteiger partial charge in [0.15, 0.2) is 12.0 Å². The van der Waals surface area contributed by atoms with E-state index in [2.05, 4.69) is 10.6 Å². The Labute approximate surface area is 187 Å². The molecule has 0 bridgehead atoms. The largest absolute Gasteiger partial charge is 0.459 e. The van der Waals surface area contributed by atoms with Gasteiger partial charge in [-0.1, -0.05) is 0 Å². The third-order valence-corrected chi connectivity index (χ3v) is 4.91. The number of fused-ring (bicyclic) bond motifs is 1. The molecule has 1 aromatic carbocycles. The summed E-state index contributed by atoms with van der Waals surface area (Å²) >= 11 is 5.55. The molecule has 0 aromatic heterocycles. The van der Waals surface area contributed by atoms with Crippen molar-refractivity contribution < 1.29 is 33.5 Å². The zero-order valence-electron chi connectivity index (χ0n) is 17.1. The molecule has 2 aliphatic heterocycles. The van der Waals surface area contributed by atoms with E-state index in [1.54, 1.807) is 13.8 Å². The van der Waals surface area contributed by atoms with E-state index in [-0.39, 0.29) is 30.3 Å². The number of halogens is 1. The van der Waals surface area contributed by atoms with Gasteiger partial charge in [-0.3, -0.25) is 10.1 Å². The van der Waals surface area contributed by atoms with Crippen molar-refractivity contribution in [3.63, 3.8) is 0 Å². The Kier molecular flexibility index (Phi) is 7.23. The first-order chi connectivity index (χ1) is 15.1. The number of benzene rings is 1. The summed E-state index contributed by atoms with van der Waals surface area (Å²) in [7, 11) is 0. The fourth-order valence-corrected chi connectivity index (χ4v) is 3.51. The Morgan fingerprint density at radius 1 is 1.28 bits per heavy atom. The normalized spacial score (nSPS) is 25.6. The number of esters is 1. The maximum Gasteiger partial charge on any atom is 0.342 e. The van der Waals surface area contributed by atoms with Crippen LogP contribution in [0.5, 0.6) is 0 Å². The van der Waals surface area contributed by atoms with Crippen LogP contribution in [0.1, 0.15) is 24.2 Å². The summed E-state index contributed by atoms with van der Waals surface area (Å²) in [6.45, 7) is 3.02. The minimum absolute atomic E-state index is 0.00456. The minimum Gasteiger partial charge on any atom is -0.459 e. The molecule has 2 aliphatic rings. The van der Waals surface area contributed by atoms with Crippen molar-refractivity contribution in [2.75, 3.05) is 19.0 Å². The topological polar surface area (TPSA) is 159 Å². The predicted molar refractivity (Wildman–Crippen MR) is 108 cm³/mol. The highest BCUT2D eigenvalue weighted by Crippen LogP contribution is 2.38. The molecule has 2 amide bonds. The number of hydrogen-bond acceptors (Lipinski definition) is 10. The Morgan fingerprint density at radius 2 is 1.94 bits per heavy atom. The van der Waals surface area contributed by atoms with Crippen molar-refractivity contribution in [1.82, 2.24) is 10.3 Å². The molecule has 2 heterocycles. The number of ether oxygens (including phenoxy) is 4. The second kappa shape index (κ2) is 9.73. The lowest BCUT2D eigenvalue weighted by molar-refractivity contribution is -0.384. The van der Waals surface area contributed by atoms with Crippen LogP contribution in [-0.2, 0) is 18.9 Å². The summed E-state index contributed by atoms with van der Waals surface area (Å²) in [5.74, 6) is -1.70. The van der Waals surface area contributed by atoms with Gasteiger partial charge in [0.1, 0.15) is 24.9 Å². The summed E-state index contributed by atoms with van der Waals surface area (Å²) in [5.41, 5.74) is -0.0402. The second-order valence-electron chi connectivity index (χ2n) is 7.41. The molecule has 0 radical (unpaired) electrons. The van der Waals surface area contributed by atoms with Crippen LogP contribution in [0.4, 0.5) is 10.5 Å². The SMILES string of the molecule is CC1(C)O[C@H]2[C@H](COC(=O)c3ccc([N+](=O)[O-])cc3)OC(NC(=O)N(CCCl)N=O)[C@H]2O1. The van der Waals surface area contributed by atoms with Gasteiger partial charge in [-0.05, 0) is 26.0 Å². The van der Waals surface area contributed by atoms with E-state index in [1.165, 1.54) is 24.3 Å². The van der Waals surface area contributed by atoms with Crippen molar-refractivity contribution >= 4 is 29.3 Å². The fourth-order valence-electron chi connectivity index (χ4n) is 3.35. The number of urea groups is 1. The molecular weight excluding hydrogens is 452 g/mol. The maximum absolute atomic E-state index is 12.3. The average Bonchev–Trinajstić information content (AvgIpc) is 3.23. The molecule has 2 saturated heterocycles. The van der Waals surface area contributed by atoms with E-state index in [1.807, 2.05) is 0 Å². The number of hydrogen-bond donors (Lipinski definition) is 1. The highest BCUT2D eigenvalue weighted by Gasteiger charge is 2.56. The number of nitrogens with one attached hydrogen (secondary N) is 1. The van der Waals surface area contributed by atoms with Gasteiger partial charge in [-0.15, -0.1) is 16.5 Å². The van der Waals surface area contributed by atoms with Gasteiger partial charge in [0, 0.05) is 18.0 Å². The van der Waals surface area contributed by atoms with E-state index < -0.39 is 47.3 Å². The van der Waals surface area contributed by atoms with Crippen LogP contribution < -0.4 is 5.32 Å². The van der Waals surface area contributed by atoms with Gasteiger partial charge in [-0.2, -0.15) is 5.01 Å². The third-order valence-electron chi connectivity index (χ3n) is 4.74. The van der Waals surface area contributed by atoms with Gasteiger partial charge < -0.3 is 24.3 Å². The molecule has 1 unspecified atom stereocenters.